The number of hydrogen-bond donors (Lipinski definition) is 2. The largest absolute Gasteiger partial charge is 0.493 e. The number of benzene rings is 1. The number of halogens is 1. The molecule has 0 saturated carbocycles. The van der Waals surface area contributed by atoms with E-state index in [1.165, 1.54) is 6.20 Å². The molecule has 184 valence electrons. The fourth-order valence-electron chi connectivity index (χ4n) is 4.30. The number of ether oxygens (including phenoxy) is 1. The van der Waals surface area contributed by atoms with Crippen molar-refractivity contribution in [3.8, 4) is 5.75 Å². The Labute approximate surface area is 205 Å². The van der Waals surface area contributed by atoms with Crippen LogP contribution in [0.4, 0.5) is 5.69 Å². The third-order valence-corrected chi connectivity index (χ3v) is 9.64. The molecule has 0 spiro atoms. The topological polar surface area (TPSA) is 124 Å². The molecule has 1 aromatic carbocycles. The number of carbonyl (C=O) groups excluding carboxylic acids is 1. The maximum absolute atomic E-state index is 13.5. The van der Waals surface area contributed by atoms with E-state index >= 15 is 0 Å². The average Bonchev–Trinajstić information content (AvgIpc) is 2.91. The number of nitrogens with zero attached hydrogens (tertiary/aromatic N) is 2. The second kappa shape index (κ2) is 9.19. The van der Waals surface area contributed by atoms with E-state index in [2.05, 4.69) is 15.3 Å². The van der Waals surface area contributed by atoms with Crippen LogP contribution in [0.3, 0.4) is 0 Å². The Kier molecular flexibility index (Phi) is 7.01. The fourth-order valence-corrected chi connectivity index (χ4v) is 6.76. The summed E-state index contributed by atoms with van der Waals surface area (Å²) in [6.45, 7) is 10.9. The van der Waals surface area contributed by atoms with Gasteiger partial charge in [0.05, 0.1) is 16.9 Å². The summed E-state index contributed by atoms with van der Waals surface area (Å²) >= 11 is 5.93. The molecular weight excluding hydrogens is 476 g/mol. The minimum Gasteiger partial charge on any atom is -0.493 e. The van der Waals surface area contributed by atoms with E-state index in [9.17, 15) is 13.2 Å². The molecule has 0 unspecified atom stereocenters. The molecule has 2 aromatic rings. The van der Waals surface area contributed by atoms with Gasteiger partial charge in [0.1, 0.15) is 27.6 Å². The third-order valence-electron chi connectivity index (χ3n) is 6.36. The van der Waals surface area contributed by atoms with Crippen LogP contribution in [-0.2, 0) is 15.4 Å². The molecule has 2 aliphatic heterocycles. The first-order valence-corrected chi connectivity index (χ1v) is 13.1. The number of hydrogen-bond acceptors (Lipinski definition) is 7. The molecule has 8 nitrogen and oxygen atoms in total. The number of amides is 1. The normalized spacial score (nSPS) is 24.1. The fraction of sp³-hybridized carbons (Fsp3) is 0.458. The van der Waals surface area contributed by atoms with Crippen LogP contribution in [0.5, 0.6) is 5.75 Å². The van der Waals surface area contributed by atoms with Crippen LogP contribution < -0.4 is 15.8 Å². The van der Waals surface area contributed by atoms with Gasteiger partial charge in [-0.25, -0.2) is 13.4 Å². The van der Waals surface area contributed by atoms with Gasteiger partial charge >= 0.3 is 0 Å². The van der Waals surface area contributed by atoms with Crippen LogP contribution in [-0.4, -0.2) is 41.7 Å². The zero-order valence-corrected chi connectivity index (χ0v) is 21.8. The van der Waals surface area contributed by atoms with Crippen LogP contribution >= 0.6 is 11.6 Å². The number of carbonyl (C=O) groups is 1. The molecule has 10 heteroatoms. The summed E-state index contributed by atoms with van der Waals surface area (Å²) in [7, 11) is -3.67. The van der Waals surface area contributed by atoms with E-state index in [-0.39, 0.29) is 24.6 Å². The van der Waals surface area contributed by atoms with Crippen LogP contribution in [0.1, 0.15) is 62.7 Å². The Bertz CT molecular complexity index is 1260. The molecule has 0 fully saturated rings. The maximum atomic E-state index is 13.5. The lowest BCUT2D eigenvalue weighted by Gasteiger charge is -2.43. The number of nitrogens with one attached hydrogen (secondary N) is 1. The van der Waals surface area contributed by atoms with Crippen LogP contribution in [0.2, 0.25) is 5.02 Å². The van der Waals surface area contributed by atoms with Crippen molar-refractivity contribution in [2.75, 3.05) is 11.9 Å². The minimum atomic E-state index is -3.67. The summed E-state index contributed by atoms with van der Waals surface area (Å²) < 4.78 is 31.5. The van der Waals surface area contributed by atoms with Crippen LogP contribution in [0.25, 0.3) is 0 Å². The Balaban J connectivity index is 0.00000158. The number of pyridine rings is 1. The Morgan fingerprint density at radius 3 is 2.56 bits per heavy atom. The number of aliphatic imine (C=N–C) groups is 1. The summed E-state index contributed by atoms with van der Waals surface area (Å²) in [4.78, 5) is 21.6. The summed E-state index contributed by atoms with van der Waals surface area (Å²) in [6, 6.07) is 6.76. The van der Waals surface area contributed by atoms with Crippen molar-refractivity contribution in [3.05, 3.63) is 52.3 Å². The molecule has 2 aliphatic rings. The zero-order chi connectivity index (χ0) is 25.5. The maximum Gasteiger partial charge on any atom is 0.274 e. The first kappa shape index (κ1) is 26.0. The molecule has 1 aromatic heterocycles. The SMILES string of the molecule is CC.Cc1cc(Cl)cnc1C(=O)Nc1ccc2c(c1)[C@@]1(C)N=C(N)C(C)(C)S(=O)(=O)[C@H]1CCO2. The summed E-state index contributed by atoms with van der Waals surface area (Å²) in [5.41, 5.74) is 6.90. The quantitative estimate of drug-likeness (QED) is 0.627. The molecule has 1 amide bonds. The smallest absolute Gasteiger partial charge is 0.274 e. The number of fused-ring (bicyclic) bond motifs is 3. The van der Waals surface area contributed by atoms with Crippen molar-refractivity contribution in [1.82, 2.24) is 4.98 Å². The van der Waals surface area contributed by atoms with E-state index in [0.29, 0.717) is 27.6 Å². The molecule has 3 heterocycles. The van der Waals surface area contributed by atoms with E-state index in [1.807, 2.05) is 13.8 Å². The van der Waals surface area contributed by atoms with E-state index in [1.54, 1.807) is 52.0 Å². The van der Waals surface area contributed by atoms with Crippen LogP contribution in [0, 0.1) is 6.92 Å². The molecule has 0 saturated heterocycles. The number of rotatable bonds is 2. The lowest BCUT2D eigenvalue weighted by molar-refractivity contribution is 0.102. The molecule has 0 radical (unpaired) electrons. The van der Waals surface area contributed by atoms with Gasteiger partial charge in [0.25, 0.3) is 5.91 Å². The van der Waals surface area contributed by atoms with Crippen molar-refractivity contribution in [2.24, 2.45) is 10.7 Å². The van der Waals surface area contributed by atoms with Gasteiger partial charge in [-0.1, -0.05) is 25.4 Å². The van der Waals surface area contributed by atoms with Gasteiger partial charge < -0.3 is 15.8 Å². The third kappa shape index (κ3) is 4.15. The van der Waals surface area contributed by atoms with Gasteiger partial charge in [-0.15, -0.1) is 0 Å². The molecule has 0 aliphatic carbocycles. The summed E-state index contributed by atoms with van der Waals surface area (Å²) in [5, 5.41) is 2.45. The first-order valence-electron chi connectivity index (χ1n) is 11.2. The molecule has 2 atom stereocenters. The molecule has 34 heavy (non-hydrogen) atoms. The van der Waals surface area contributed by atoms with Crippen molar-refractivity contribution in [2.45, 2.75) is 63.5 Å². The Morgan fingerprint density at radius 1 is 1.24 bits per heavy atom. The van der Waals surface area contributed by atoms with Gasteiger partial charge in [0.15, 0.2) is 9.84 Å². The van der Waals surface area contributed by atoms with Crippen LogP contribution in [0.15, 0.2) is 35.5 Å². The van der Waals surface area contributed by atoms with Gasteiger partial charge in [0, 0.05) is 23.9 Å². The predicted octanol–water partition coefficient (Wildman–Crippen LogP) is 4.25. The highest BCUT2D eigenvalue weighted by atomic mass is 35.5. The Morgan fingerprint density at radius 2 is 1.91 bits per heavy atom. The van der Waals surface area contributed by atoms with Crippen molar-refractivity contribution in [3.63, 3.8) is 0 Å². The molecule has 4 rings (SSSR count). The first-order chi connectivity index (χ1) is 15.9. The van der Waals surface area contributed by atoms with Gasteiger partial charge in [-0.2, -0.15) is 0 Å². The summed E-state index contributed by atoms with van der Waals surface area (Å²) in [6.07, 6.45) is 1.69. The highest BCUT2D eigenvalue weighted by molar-refractivity contribution is 7.94. The highest BCUT2D eigenvalue weighted by Crippen LogP contribution is 2.48. The second-order valence-electron chi connectivity index (χ2n) is 8.81. The minimum absolute atomic E-state index is 0.0551. The average molecular weight is 507 g/mol. The second-order valence-corrected chi connectivity index (χ2v) is 11.9. The number of sulfone groups is 1. The standard InChI is InChI=1S/C22H25ClN4O4S.C2H6/c1-12-9-13(23)11-25-18(12)19(28)26-14-5-6-16-15(10-14)22(4)17(7-8-31-16)32(29,30)21(2,3)20(24)27-22;1-2/h5-6,9-11,17H,7-8H2,1-4H3,(H2,24,27)(H,26,28);1-2H3/t17-,22+;/m0./s1. The number of aryl methyl sites for hydroxylation is 1. The van der Waals surface area contributed by atoms with E-state index < -0.39 is 31.3 Å². The van der Waals surface area contributed by atoms with E-state index in [0.717, 1.165) is 0 Å². The number of aromatic nitrogens is 1. The van der Waals surface area contributed by atoms with Crippen molar-refractivity contribution >= 4 is 38.9 Å². The number of amidine groups is 1. The lowest BCUT2D eigenvalue weighted by atomic mass is 9.86. The highest BCUT2D eigenvalue weighted by Gasteiger charge is 2.57. The van der Waals surface area contributed by atoms with Gasteiger partial charge in [-0.3, -0.25) is 9.79 Å². The summed E-state index contributed by atoms with van der Waals surface area (Å²) in [5.74, 6) is 0.163. The van der Waals surface area contributed by atoms with Crippen molar-refractivity contribution < 1.29 is 17.9 Å². The van der Waals surface area contributed by atoms with E-state index in [4.69, 9.17) is 22.1 Å². The molecular formula is C24H31ClN4O4S. The zero-order valence-electron chi connectivity index (χ0n) is 20.3. The van der Waals surface area contributed by atoms with Gasteiger partial charge in [-0.05, 0) is 57.5 Å². The number of nitrogens with two attached hydrogens (primary N) is 1. The lowest BCUT2D eigenvalue weighted by Crippen LogP contribution is -2.59. The molecule has 3 N–H and O–H groups in total. The van der Waals surface area contributed by atoms with Gasteiger partial charge in [0.2, 0.25) is 0 Å². The predicted molar refractivity (Wildman–Crippen MR) is 136 cm³/mol. The molecule has 0 bridgehead atoms. The van der Waals surface area contributed by atoms with Crippen molar-refractivity contribution in [1.29, 1.82) is 0 Å². The Hall–Kier alpha value is -2.65. The number of anilines is 1. The monoisotopic (exact) mass is 506 g/mol.